The fraction of sp³-hybridized carbons (Fsp3) is 0.600. The van der Waals surface area contributed by atoms with Crippen LogP contribution < -0.4 is 5.32 Å². The Morgan fingerprint density at radius 3 is 2.79 bits per heavy atom. The van der Waals surface area contributed by atoms with Gasteiger partial charge in [-0.3, -0.25) is 14.5 Å². The van der Waals surface area contributed by atoms with Crippen molar-refractivity contribution >= 4 is 11.8 Å². The van der Waals surface area contributed by atoms with Gasteiger partial charge in [0.15, 0.2) is 0 Å². The van der Waals surface area contributed by atoms with Gasteiger partial charge in [-0.2, -0.15) is 0 Å². The Morgan fingerprint density at radius 2 is 2.29 bits per heavy atom. The van der Waals surface area contributed by atoms with Crippen LogP contribution in [0.2, 0.25) is 0 Å². The van der Waals surface area contributed by atoms with Gasteiger partial charge in [0.05, 0.1) is 6.04 Å². The van der Waals surface area contributed by atoms with Crippen molar-refractivity contribution in [3.05, 3.63) is 11.6 Å². The SMILES string of the molecule is CC1=CC(=O)N(C2CCCNC2)C1=O. The number of hydrogen-bond acceptors (Lipinski definition) is 3. The molecule has 2 rings (SSSR count). The molecule has 0 aromatic carbocycles. The maximum Gasteiger partial charge on any atom is 0.256 e. The molecule has 0 bridgehead atoms. The van der Waals surface area contributed by atoms with E-state index in [-0.39, 0.29) is 17.9 Å². The Bertz CT molecular complexity index is 303. The van der Waals surface area contributed by atoms with Crippen molar-refractivity contribution in [3.63, 3.8) is 0 Å². The monoisotopic (exact) mass is 194 g/mol. The molecule has 2 heterocycles. The number of nitrogens with zero attached hydrogens (tertiary/aromatic N) is 1. The van der Waals surface area contributed by atoms with Gasteiger partial charge in [0, 0.05) is 18.2 Å². The fourth-order valence-electron chi connectivity index (χ4n) is 2.01. The topological polar surface area (TPSA) is 49.4 Å². The van der Waals surface area contributed by atoms with E-state index in [2.05, 4.69) is 5.32 Å². The molecule has 2 aliphatic heterocycles. The number of rotatable bonds is 1. The summed E-state index contributed by atoms with van der Waals surface area (Å²) in [7, 11) is 0. The molecule has 1 saturated heterocycles. The van der Waals surface area contributed by atoms with Gasteiger partial charge in [0.1, 0.15) is 0 Å². The molecule has 4 nitrogen and oxygen atoms in total. The van der Waals surface area contributed by atoms with Crippen molar-refractivity contribution in [1.82, 2.24) is 10.2 Å². The van der Waals surface area contributed by atoms with Crippen molar-refractivity contribution < 1.29 is 9.59 Å². The molecule has 1 N–H and O–H groups in total. The van der Waals surface area contributed by atoms with Crippen LogP contribution in [-0.4, -0.2) is 35.8 Å². The number of carbonyl (C=O) groups excluding carboxylic acids is 2. The molecule has 0 aliphatic carbocycles. The van der Waals surface area contributed by atoms with Crippen LogP contribution in [0.15, 0.2) is 11.6 Å². The first-order chi connectivity index (χ1) is 6.70. The second-order valence-corrected chi connectivity index (χ2v) is 3.84. The van der Waals surface area contributed by atoms with E-state index in [1.165, 1.54) is 11.0 Å². The molecule has 0 saturated carbocycles. The third-order valence-electron chi connectivity index (χ3n) is 2.77. The predicted molar refractivity (Wildman–Crippen MR) is 51.5 cm³/mol. The first kappa shape index (κ1) is 9.40. The summed E-state index contributed by atoms with van der Waals surface area (Å²) >= 11 is 0. The molecule has 1 atom stereocenters. The highest BCUT2D eigenvalue weighted by molar-refractivity contribution is 6.16. The number of nitrogens with one attached hydrogen (secondary N) is 1. The first-order valence-corrected chi connectivity index (χ1v) is 4.96. The van der Waals surface area contributed by atoms with Gasteiger partial charge in [-0.05, 0) is 26.3 Å². The number of amides is 2. The summed E-state index contributed by atoms with van der Waals surface area (Å²) in [5, 5.41) is 3.20. The molecule has 0 spiro atoms. The van der Waals surface area contributed by atoms with Crippen LogP contribution in [0.3, 0.4) is 0 Å². The van der Waals surface area contributed by atoms with E-state index >= 15 is 0 Å². The highest BCUT2D eigenvalue weighted by atomic mass is 16.2. The zero-order valence-corrected chi connectivity index (χ0v) is 8.25. The molecule has 0 aromatic rings. The van der Waals surface area contributed by atoms with Crippen LogP contribution in [-0.2, 0) is 9.59 Å². The lowest BCUT2D eigenvalue weighted by Crippen LogP contribution is -2.48. The van der Waals surface area contributed by atoms with Crippen LogP contribution in [0.1, 0.15) is 19.8 Å². The molecular formula is C10H14N2O2. The predicted octanol–water partition coefficient (Wildman–Crippen LogP) is 0.0535. The maximum atomic E-state index is 11.6. The Kier molecular flexibility index (Phi) is 2.37. The molecule has 4 heteroatoms. The van der Waals surface area contributed by atoms with Crippen molar-refractivity contribution in [3.8, 4) is 0 Å². The summed E-state index contributed by atoms with van der Waals surface area (Å²) in [6.07, 6.45) is 3.38. The Hall–Kier alpha value is -1.16. The van der Waals surface area contributed by atoms with Crippen molar-refractivity contribution in [2.45, 2.75) is 25.8 Å². The number of carbonyl (C=O) groups is 2. The lowest BCUT2D eigenvalue weighted by molar-refractivity contribution is -0.140. The van der Waals surface area contributed by atoms with Crippen molar-refractivity contribution in [1.29, 1.82) is 0 Å². The van der Waals surface area contributed by atoms with E-state index < -0.39 is 0 Å². The molecule has 2 aliphatic rings. The molecule has 14 heavy (non-hydrogen) atoms. The lowest BCUT2D eigenvalue weighted by atomic mass is 10.1. The zero-order chi connectivity index (χ0) is 10.1. The summed E-state index contributed by atoms with van der Waals surface area (Å²) in [6.45, 7) is 3.41. The number of piperidine rings is 1. The molecule has 1 unspecified atom stereocenters. The van der Waals surface area contributed by atoms with Gasteiger partial charge in [-0.1, -0.05) is 0 Å². The average Bonchev–Trinajstić information content (AvgIpc) is 2.43. The van der Waals surface area contributed by atoms with Gasteiger partial charge < -0.3 is 5.32 Å². The largest absolute Gasteiger partial charge is 0.315 e. The van der Waals surface area contributed by atoms with Gasteiger partial charge in [-0.15, -0.1) is 0 Å². The molecule has 2 amide bonds. The Balaban J connectivity index is 2.11. The van der Waals surface area contributed by atoms with Crippen molar-refractivity contribution in [2.24, 2.45) is 0 Å². The zero-order valence-electron chi connectivity index (χ0n) is 8.25. The highest BCUT2D eigenvalue weighted by Gasteiger charge is 2.34. The van der Waals surface area contributed by atoms with Crippen LogP contribution in [0, 0.1) is 0 Å². The van der Waals surface area contributed by atoms with Crippen LogP contribution >= 0.6 is 0 Å². The summed E-state index contributed by atoms with van der Waals surface area (Å²) < 4.78 is 0. The average molecular weight is 194 g/mol. The van der Waals surface area contributed by atoms with E-state index in [1.807, 2.05) is 0 Å². The minimum Gasteiger partial charge on any atom is -0.315 e. The molecular weight excluding hydrogens is 180 g/mol. The van der Waals surface area contributed by atoms with E-state index in [9.17, 15) is 9.59 Å². The third kappa shape index (κ3) is 1.46. The van der Waals surface area contributed by atoms with E-state index in [0.717, 1.165) is 25.9 Å². The molecule has 0 radical (unpaired) electrons. The lowest BCUT2D eigenvalue weighted by Gasteiger charge is -2.30. The standard InChI is InChI=1S/C10H14N2O2/c1-7-5-9(13)12(10(7)14)8-3-2-4-11-6-8/h5,8,11H,2-4,6H2,1H3. The third-order valence-corrected chi connectivity index (χ3v) is 2.77. The fourth-order valence-corrected chi connectivity index (χ4v) is 2.01. The highest BCUT2D eigenvalue weighted by Crippen LogP contribution is 2.19. The van der Waals surface area contributed by atoms with Gasteiger partial charge in [-0.25, -0.2) is 0 Å². The normalized spacial score (nSPS) is 28.2. The van der Waals surface area contributed by atoms with E-state index in [4.69, 9.17) is 0 Å². The van der Waals surface area contributed by atoms with Gasteiger partial charge in [0.2, 0.25) is 0 Å². The second kappa shape index (κ2) is 3.53. The minimum atomic E-state index is -0.152. The van der Waals surface area contributed by atoms with Crippen LogP contribution in [0.5, 0.6) is 0 Å². The van der Waals surface area contributed by atoms with Crippen LogP contribution in [0.4, 0.5) is 0 Å². The van der Waals surface area contributed by atoms with Crippen LogP contribution in [0.25, 0.3) is 0 Å². The Labute approximate surface area is 83.0 Å². The quantitative estimate of drug-likeness (QED) is 0.600. The van der Waals surface area contributed by atoms with Gasteiger partial charge >= 0.3 is 0 Å². The summed E-state index contributed by atoms with van der Waals surface area (Å²) in [5.74, 6) is -0.273. The summed E-state index contributed by atoms with van der Waals surface area (Å²) in [5.41, 5.74) is 0.556. The molecule has 0 aromatic heterocycles. The maximum absolute atomic E-state index is 11.6. The molecule has 1 fully saturated rings. The molecule has 76 valence electrons. The summed E-state index contributed by atoms with van der Waals surface area (Å²) in [4.78, 5) is 24.5. The van der Waals surface area contributed by atoms with Gasteiger partial charge in [0.25, 0.3) is 11.8 Å². The number of hydrogen-bond donors (Lipinski definition) is 1. The smallest absolute Gasteiger partial charge is 0.256 e. The van der Waals surface area contributed by atoms with Crippen molar-refractivity contribution in [2.75, 3.05) is 13.1 Å². The number of imide groups is 1. The summed E-state index contributed by atoms with van der Waals surface area (Å²) in [6, 6.07) is 0.0532. The van der Waals surface area contributed by atoms with E-state index in [0.29, 0.717) is 5.57 Å². The van der Waals surface area contributed by atoms with E-state index in [1.54, 1.807) is 6.92 Å². The minimum absolute atomic E-state index is 0.0532. The Morgan fingerprint density at radius 1 is 1.50 bits per heavy atom. The first-order valence-electron chi connectivity index (χ1n) is 4.96. The second-order valence-electron chi connectivity index (χ2n) is 3.84.